The Labute approximate surface area is 163 Å². The highest BCUT2D eigenvalue weighted by Gasteiger charge is 2.37. The Morgan fingerprint density at radius 1 is 1.21 bits per heavy atom. The van der Waals surface area contributed by atoms with Crippen LogP contribution >= 0.6 is 0 Å². The molecule has 12 heteroatoms. The average Bonchev–Trinajstić information content (AvgIpc) is 3.26. The van der Waals surface area contributed by atoms with E-state index in [1.165, 1.54) is 0 Å². The first kappa shape index (κ1) is 20.7. The van der Waals surface area contributed by atoms with E-state index < -0.39 is 18.0 Å². The van der Waals surface area contributed by atoms with Gasteiger partial charge in [0, 0.05) is 23.7 Å². The van der Waals surface area contributed by atoms with E-state index in [4.69, 9.17) is 9.26 Å². The van der Waals surface area contributed by atoms with Gasteiger partial charge in [0.15, 0.2) is 12.4 Å². The van der Waals surface area contributed by atoms with Gasteiger partial charge in [0.25, 0.3) is 17.5 Å². The first-order valence-corrected chi connectivity index (χ1v) is 8.84. The maximum atomic E-state index is 12.8. The van der Waals surface area contributed by atoms with E-state index in [2.05, 4.69) is 25.2 Å². The fourth-order valence-corrected chi connectivity index (χ4v) is 2.69. The van der Waals surface area contributed by atoms with Crippen LogP contribution in [0, 0.1) is 13.8 Å². The monoisotopic (exact) mass is 412 g/mol. The first-order chi connectivity index (χ1) is 13.6. The number of fused-ring (bicyclic) bond motifs is 1. The SMILES string of the molecule is Cc1nc2nc(C(F)(F)F)nn2c(C)c1CCC(=O)OCc1nc(C(C)C)no1. The van der Waals surface area contributed by atoms with E-state index in [1.54, 1.807) is 13.8 Å². The molecule has 3 heterocycles. The Morgan fingerprint density at radius 3 is 2.55 bits per heavy atom. The molecule has 9 nitrogen and oxygen atoms in total. The van der Waals surface area contributed by atoms with E-state index in [-0.39, 0.29) is 37.0 Å². The normalized spacial score (nSPS) is 12.1. The number of halogens is 3. The molecule has 0 aliphatic rings. The average molecular weight is 412 g/mol. The Balaban J connectivity index is 1.67. The molecule has 0 aromatic carbocycles. The van der Waals surface area contributed by atoms with Gasteiger partial charge < -0.3 is 9.26 Å². The number of carbonyl (C=O) groups is 1. The molecule has 0 amide bonds. The Morgan fingerprint density at radius 2 is 1.93 bits per heavy atom. The number of carbonyl (C=O) groups excluding carboxylic acids is 1. The van der Waals surface area contributed by atoms with Crippen molar-refractivity contribution in [3.8, 4) is 0 Å². The third-order valence-electron chi connectivity index (χ3n) is 4.24. The fourth-order valence-electron chi connectivity index (χ4n) is 2.69. The standard InChI is InChI=1S/C17H19F3N6O3/c1-8(2)14-22-12(29-25-14)7-28-13(27)6-5-11-9(3)21-16-23-15(17(18,19)20)24-26(16)10(11)4/h8H,5-7H2,1-4H3. The molecule has 0 saturated heterocycles. The summed E-state index contributed by atoms with van der Waals surface area (Å²) in [6.45, 7) is 6.91. The highest BCUT2D eigenvalue weighted by atomic mass is 19.4. The summed E-state index contributed by atoms with van der Waals surface area (Å²) in [7, 11) is 0. The molecule has 29 heavy (non-hydrogen) atoms. The summed E-state index contributed by atoms with van der Waals surface area (Å²) in [5.74, 6) is -1.11. The molecule has 0 spiro atoms. The van der Waals surface area contributed by atoms with Gasteiger partial charge in [-0.2, -0.15) is 23.1 Å². The van der Waals surface area contributed by atoms with Crippen LogP contribution in [0.5, 0.6) is 0 Å². The maximum Gasteiger partial charge on any atom is 0.453 e. The number of alkyl halides is 3. The number of hydrogen-bond acceptors (Lipinski definition) is 8. The van der Waals surface area contributed by atoms with Crippen LogP contribution in [0.15, 0.2) is 4.52 Å². The zero-order valence-corrected chi connectivity index (χ0v) is 16.2. The summed E-state index contributed by atoms with van der Waals surface area (Å²) in [6.07, 6.45) is -4.44. The highest BCUT2D eigenvalue weighted by Crippen LogP contribution is 2.27. The lowest BCUT2D eigenvalue weighted by molar-refractivity contribution is -0.146. The van der Waals surface area contributed by atoms with Crippen LogP contribution in [-0.2, 0) is 28.7 Å². The Kier molecular flexibility index (Phi) is 5.53. The molecule has 0 N–H and O–H groups in total. The molecule has 0 aliphatic heterocycles. The lowest BCUT2D eigenvalue weighted by Crippen LogP contribution is -2.11. The van der Waals surface area contributed by atoms with Crippen molar-refractivity contribution in [3.63, 3.8) is 0 Å². The van der Waals surface area contributed by atoms with Gasteiger partial charge in [0.05, 0.1) is 0 Å². The molecular weight excluding hydrogens is 393 g/mol. The van der Waals surface area contributed by atoms with Gasteiger partial charge in [-0.3, -0.25) is 4.79 Å². The molecule has 0 saturated carbocycles. The molecule has 3 rings (SSSR count). The van der Waals surface area contributed by atoms with Crippen LogP contribution < -0.4 is 0 Å². The number of hydrogen-bond donors (Lipinski definition) is 0. The second-order valence-corrected chi connectivity index (χ2v) is 6.77. The van der Waals surface area contributed by atoms with Gasteiger partial charge >= 0.3 is 12.1 Å². The van der Waals surface area contributed by atoms with Crippen LogP contribution in [-0.4, -0.2) is 35.7 Å². The predicted molar refractivity (Wildman–Crippen MR) is 91.8 cm³/mol. The number of nitrogens with zero attached hydrogens (tertiary/aromatic N) is 6. The minimum absolute atomic E-state index is 0.000860. The van der Waals surface area contributed by atoms with Crippen LogP contribution in [0.1, 0.15) is 60.7 Å². The molecule has 0 atom stereocenters. The summed E-state index contributed by atoms with van der Waals surface area (Å²) < 4.78 is 49.7. The van der Waals surface area contributed by atoms with Crippen molar-refractivity contribution in [2.75, 3.05) is 0 Å². The quantitative estimate of drug-likeness (QED) is 0.569. The molecule has 3 aromatic heterocycles. The molecule has 156 valence electrons. The molecule has 0 fully saturated rings. The molecule has 0 radical (unpaired) electrons. The van der Waals surface area contributed by atoms with Crippen molar-refractivity contribution in [1.82, 2.24) is 29.7 Å². The van der Waals surface area contributed by atoms with Crippen LogP contribution in [0.25, 0.3) is 5.78 Å². The van der Waals surface area contributed by atoms with Gasteiger partial charge in [0.2, 0.25) is 0 Å². The van der Waals surface area contributed by atoms with Crippen LogP contribution in [0.4, 0.5) is 13.2 Å². The summed E-state index contributed by atoms with van der Waals surface area (Å²) in [5, 5.41) is 7.26. The Hall–Kier alpha value is -3.05. The summed E-state index contributed by atoms with van der Waals surface area (Å²) in [5.41, 5.74) is 1.51. The number of esters is 1. The Bertz CT molecular complexity index is 1040. The van der Waals surface area contributed by atoms with Gasteiger partial charge in [0.1, 0.15) is 0 Å². The number of aromatic nitrogens is 6. The number of rotatable bonds is 6. The van der Waals surface area contributed by atoms with E-state index >= 15 is 0 Å². The van der Waals surface area contributed by atoms with Gasteiger partial charge in [-0.05, 0) is 25.8 Å². The van der Waals surface area contributed by atoms with E-state index in [0.717, 1.165) is 4.52 Å². The highest BCUT2D eigenvalue weighted by molar-refractivity contribution is 5.69. The van der Waals surface area contributed by atoms with Gasteiger partial charge in [-0.25, -0.2) is 9.50 Å². The van der Waals surface area contributed by atoms with Crippen molar-refractivity contribution in [2.45, 2.75) is 59.2 Å². The van der Waals surface area contributed by atoms with E-state index in [0.29, 0.717) is 22.8 Å². The summed E-state index contributed by atoms with van der Waals surface area (Å²) in [4.78, 5) is 23.6. The largest absolute Gasteiger partial charge is 0.456 e. The van der Waals surface area contributed by atoms with E-state index in [1.807, 2.05) is 13.8 Å². The van der Waals surface area contributed by atoms with Gasteiger partial charge in [-0.1, -0.05) is 19.0 Å². The third-order valence-corrected chi connectivity index (χ3v) is 4.24. The van der Waals surface area contributed by atoms with Crippen LogP contribution in [0.3, 0.4) is 0 Å². The van der Waals surface area contributed by atoms with Crippen molar-refractivity contribution in [3.05, 3.63) is 34.5 Å². The third kappa shape index (κ3) is 4.51. The molecule has 0 bridgehead atoms. The second kappa shape index (κ2) is 7.76. The summed E-state index contributed by atoms with van der Waals surface area (Å²) in [6, 6.07) is 0. The maximum absolute atomic E-state index is 12.8. The lowest BCUT2D eigenvalue weighted by atomic mass is 10.1. The molecule has 0 aliphatic carbocycles. The van der Waals surface area contributed by atoms with Crippen molar-refractivity contribution in [1.29, 1.82) is 0 Å². The zero-order valence-electron chi connectivity index (χ0n) is 16.2. The second-order valence-electron chi connectivity index (χ2n) is 6.77. The topological polar surface area (TPSA) is 108 Å². The number of ether oxygens (including phenoxy) is 1. The smallest absolute Gasteiger partial charge is 0.453 e. The predicted octanol–water partition coefficient (Wildman–Crippen LogP) is 2.94. The van der Waals surface area contributed by atoms with E-state index in [9.17, 15) is 18.0 Å². The molecular formula is C17H19F3N6O3. The number of aryl methyl sites for hydroxylation is 2. The van der Waals surface area contributed by atoms with Gasteiger partial charge in [-0.15, -0.1) is 5.10 Å². The minimum Gasteiger partial charge on any atom is -0.456 e. The summed E-state index contributed by atoms with van der Waals surface area (Å²) >= 11 is 0. The van der Waals surface area contributed by atoms with Crippen molar-refractivity contribution >= 4 is 11.7 Å². The lowest BCUT2D eigenvalue weighted by Gasteiger charge is -2.09. The fraction of sp³-hybridized carbons (Fsp3) is 0.529. The molecule has 3 aromatic rings. The van der Waals surface area contributed by atoms with Crippen molar-refractivity contribution in [2.24, 2.45) is 0 Å². The minimum atomic E-state index is -4.66. The van der Waals surface area contributed by atoms with Crippen LogP contribution in [0.2, 0.25) is 0 Å². The molecule has 0 unspecified atom stereocenters. The van der Waals surface area contributed by atoms with Crippen molar-refractivity contribution < 1.29 is 27.2 Å². The first-order valence-electron chi connectivity index (χ1n) is 8.84. The zero-order chi connectivity index (χ0) is 21.3.